The van der Waals surface area contributed by atoms with Gasteiger partial charge in [-0.1, -0.05) is 12.1 Å². The molecule has 0 saturated heterocycles. The first-order valence-electron chi connectivity index (χ1n) is 5.48. The Balaban J connectivity index is 2.65. The zero-order valence-electron chi connectivity index (χ0n) is 10.3. The minimum Gasteiger partial charge on any atom is -0.367 e. The van der Waals surface area contributed by atoms with Crippen molar-refractivity contribution in [1.82, 2.24) is 0 Å². The lowest BCUT2D eigenvalue weighted by atomic mass is 10.1. The molecule has 1 aromatic rings. The van der Waals surface area contributed by atoms with Gasteiger partial charge in [-0.05, 0) is 12.1 Å². The second-order valence-electron chi connectivity index (χ2n) is 4.06. The molecule has 118 valence electrons. The Kier molecular flexibility index (Phi) is 5.32. The highest BCUT2D eigenvalue weighted by molar-refractivity contribution is 5.97. The molecule has 0 aliphatic rings. The Hall–Kier alpha value is -1.64. The summed E-state index contributed by atoms with van der Waals surface area (Å²) in [5, 5.41) is 0. The average Bonchev–Trinajstić information content (AvgIpc) is 2.37. The molecule has 0 saturated carbocycles. The molecule has 1 aromatic carbocycles. The Morgan fingerprint density at radius 3 is 2.29 bits per heavy atom. The molecule has 0 bridgehead atoms. The van der Waals surface area contributed by atoms with Gasteiger partial charge < -0.3 is 4.74 Å². The van der Waals surface area contributed by atoms with Crippen LogP contribution in [-0.2, 0) is 10.9 Å². The van der Waals surface area contributed by atoms with E-state index in [4.69, 9.17) is 0 Å². The molecule has 0 heterocycles. The van der Waals surface area contributed by atoms with Crippen molar-refractivity contribution in [2.45, 2.75) is 18.5 Å². The molecule has 1 rings (SSSR count). The van der Waals surface area contributed by atoms with E-state index in [1.54, 1.807) is 0 Å². The number of carbonyl (C=O) groups is 1. The third-order valence-electron chi connectivity index (χ3n) is 2.36. The summed E-state index contributed by atoms with van der Waals surface area (Å²) in [4.78, 5) is 11.5. The van der Waals surface area contributed by atoms with Gasteiger partial charge in [-0.15, -0.1) is 0 Å². The monoisotopic (exact) mass is 318 g/mol. The summed E-state index contributed by atoms with van der Waals surface area (Å²) in [5.74, 6) is -5.44. The van der Waals surface area contributed by atoms with E-state index in [2.05, 4.69) is 4.74 Å². The second-order valence-corrected chi connectivity index (χ2v) is 4.06. The number of alkyl halides is 7. The molecule has 0 aromatic heterocycles. The fraction of sp³-hybridized carbons (Fsp3) is 0.417. The van der Waals surface area contributed by atoms with Crippen LogP contribution in [0.3, 0.4) is 0 Å². The summed E-state index contributed by atoms with van der Waals surface area (Å²) in [6.07, 6.45) is -8.62. The SMILES string of the molecule is O=C(COCC(F)(F)C(F)F)c1cccc(C(F)(F)F)c1. The second kappa shape index (κ2) is 6.42. The van der Waals surface area contributed by atoms with Crippen LogP contribution in [0.4, 0.5) is 30.7 Å². The third-order valence-corrected chi connectivity index (χ3v) is 2.36. The first kappa shape index (κ1) is 17.4. The van der Waals surface area contributed by atoms with E-state index < -0.39 is 48.6 Å². The fourth-order valence-corrected chi connectivity index (χ4v) is 1.30. The van der Waals surface area contributed by atoms with Crippen LogP contribution in [0.2, 0.25) is 0 Å². The van der Waals surface area contributed by atoms with Gasteiger partial charge in [0, 0.05) is 5.56 Å². The Bertz CT molecular complexity index is 497. The van der Waals surface area contributed by atoms with Gasteiger partial charge in [0.2, 0.25) is 0 Å². The van der Waals surface area contributed by atoms with Crippen LogP contribution in [0.1, 0.15) is 15.9 Å². The topological polar surface area (TPSA) is 26.3 Å². The number of rotatable bonds is 6. The summed E-state index contributed by atoms with van der Waals surface area (Å²) in [6, 6.07) is 3.25. The van der Waals surface area contributed by atoms with Gasteiger partial charge in [-0.2, -0.15) is 22.0 Å². The molecule has 0 aliphatic heterocycles. The minimum atomic E-state index is -4.67. The van der Waals surface area contributed by atoms with Gasteiger partial charge >= 0.3 is 18.5 Å². The summed E-state index contributed by atoms with van der Waals surface area (Å²) in [6.45, 7) is -2.72. The average molecular weight is 318 g/mol. The van der Waals surface area contributed by atoms with E-state index in [0.717, 1.165) is 18.2 Å². The van der Waals surface area contributed by atoms with Crippen LogP contribution >= 0.6 is 0 Å². The Labute approximate surface area is 114 Å². The molecule has 9 heteroatoms. The highest BCUT2D eigenvalue weighted by Crippen LogP contribution is 2.29. The number of hydrogen-bond donors (Lipinski definition) is 0. The number of carbonyl (C=O) groups excluding carboxylic acids is 1. The molecule has 0 atom stereocenters. The Morgan fingerprint density at radius 2 is 1.76 bits per heavy atom. The number of ether oxygens (including phenoxy) is 1. The lowest BCUT2D eigenvalue weighted by Crippen LogP contribution is -2.33. The molecule has 0 radical (unpaired) electrons. The van der Waals surface area contributed by atoms with Crippen molar-refractivity contribution in [2.24, 2.45) is 0 Å². The summed E-state index contributed by atoms with van der Waals surface area (Å²) in [5.41, 5.74) is -1.50. The van der Waals surface area contributed by atoms with E-state index in [9.17, 15) is 35.5 Å². The number of Topliss-reactive ketones (excluding diaryl/α,β-unsaturated/α-hetero) is 1. The zero-order chi connectivity index (χ0) is 16.3. The third kappa shape index (κ3) is 5.00. The van der Waals surface area contributed by atoms with Crippen molar-refractivity contribution in [3.05, 3.63) is 35.4 Å². The van der Waals surface area contributed by atoms with Gasteiger partial charge in [0.15, 0.2) is 5.78 Å². The van der Waals surface area contributed by atoms with Crippen molar-refractivity contribution >= 4 is 5.78 Å². The first-order chi connectivity index (χ1) is 9.54. The van der Waals surface area contributed by atoms with E-state index >= 15 is 0 Å². The molecule has 21 heavy (non-hydrogen) atoms. The molecule has 0 spiro atoms. The van der Waals surface area contributed by atoms with E-state index in [-0.39, 0.29) is 0 Å². The van der Waals surface area contributed by atoms with Gasteiger partial charge in [-0.25, -0.2) is 8.78 Å². The lowest BCUT2D eigenvalue weighted by Gasteiger charge is -2.15. The van der Waals surface area contributed by atoms with Crippen LogP contribution < -0.4 is 0 Å². The van der Waals surface area contributed by atoms with Crippen molar-refractivity contribution in [1.29, 1.82) is 0 Å². The standard InChI is InChI=1S/C12H9F7O2/c13-10(14)11(15,16)6-21-5-9(20)7-2-1-3-8(4-7)12(17,18)19/h1-4,10H,5-6H2. The molecule has 0 aliphatic carbocycles. The normalized spacial score (nSPS) is 12.8. The minimum absolute atomic E-state index is 0.412. The summed E-state index contributed by atoms with van der Waals surface area (Å²) >= 11 is 0. The molecule has 0 unspecified atom stereocenters. The molecule has 0 fully saturated rings. The lowest BCUT2D eigenvalue weighted by molar-refractivity contribution is -0.163. The first-order valence-corrected chi connectivity index (χ1v) is 5.48. The maximum Gasteiger partial charge on any atom is 0.416 e. The molecule has 0 N–H and O–H groups in total. The van der Waals surface area contributed by atoms with Gasteiger partial charge in [0.05, 0.1) is 5.56 Å². The number of hydrogen-bond acceptors (Lipinski definition) is 2. The van der Waals surface area contributed by atoms with Crippen molar-refractivity contribution < 1.29 is 40.3 Å². The number of halogens is 7. The summed E-state index contributed by atoms with van der Waals surface area (Å²) < 4.78 is 89.9. The van der Waals surface area contributed by atoms with Gasteiger partial charge in [-0.3, -0.25) is 4.79 Å². The smallest absolute Gasteiger partial charge is 0.367 e. The Morgan fingerprint density at radius 1 is 1.14 bits per heavy atom. The van der Waals surface area contributed by atoms with Gasteiger partial charge in [0.25, 0.3) is 0 Å². The predicted octanol–water partition coefficient (Wildman–Crippen LogP) is 3.81. The van der Waals surface area contributed by atoms with Crippen molar-refractivity contribution in [3.63, 3.8) is 0 Å². The van der Waals surface area contributed by atoms with Crippen LogP contribution in [0.5, 0.6) is 0 Å². The van der Waals surface area contributed by atoms with Crippen LogP contribution in [0.25, 0.3) is 0 Å². The highest BCUT2D eigenvalue weighted by Gasteiger charge is 2.41. The van der Waals surface area contributed by atoms with Crippen molar-refractivity contribution in [3.8, 4) is 0 Å². The van der Waals surface area contributed by atoms with E-state index in [1.165, 1.54) is 0 Å². The van der Waals surface area contributed by atoms with Gasteiger partial charge in [0.1, 0.15) is 13.2 Å². The predicted molar refractivity (Wildman–Crippen MR) is 57.5 cm³/mol. The molecule has 0 amide bonds. The molecular formula is C12H9F7O2. The number of ketones is 1. The highest BCUT2D eigenvalue weighted by atomic mass is 19.4. The maximum absolute atomic E-state index is 12.5. The van der Waals surface area contributed by atoms with Crippen LogP contribution in [0.15, 0.2) is 24.3 Å². The fourth-order valence-electron chi connectivity index (χ4n) is 1.30. The van der Waals surface area contributed by atoms with E-state index in [0.29, 0.717) is 6.07 Å². The van der Waals surface area contributed by atoms with Crippen LogP contribution in [-0.4, -0.2) is 31.3 Å². The number of benzene rings is 1. The largest absolute Gasteiger partial charge is 0.416 e. The maximum atomic E-state index is 12.5. The molecular weight excluding hydrogens is 309 g/mol. The quantitative estimate of drug-likeness (QED) is 0.589. The van der Waals surface area contributed by atoms with E-state index in [1.807, 2.05) is 0 Å². The van der Waals surface area contributed by atoms with Crippen molar-refractivity contribution in [2.75, 3.05) is 13.2 Å². The van der Waals surface area contributed by atoms with Crippen LogP contribution in [0, 0.1) is 0 Å². The molecule has 2 nitrogen and oxygen atoms in total. The summed E-state index contributed by atoms with van der Waals surface area (Å²) in [7, 11) is 0. The zero-order valence-corrected chi connectivity index (χ0v) is 10.3.